The van der Waals surface area contributed by atoms with Gasteiger partial charge in [0.05, 0.1) is 11.2 Å². The van der Waals surface area contributed by atoms with Crippen molar-refractivity contribution in [3.63, 3.8) is 0 Å². The quantitative estimate of drug-likeness (QED) is 0.436. The first-order valence-corrected chi connectivity index (χ1v) is 8.01. The molecule has 6 nitrogen and oxygen atoms in total. The van der Waals surface area contributed by atoms with Crippen LogP contribution in [0.25, 0.3) is 0 Å². The highest BCUT2D eigenvalue weighted by Crippen LogP contribution is 2.36. The Balaban J connectivity index is 1.62. The summed E-state index contributed by atoms with van der Waals surface area (Å²) in [4.78, 5) is 12.0. The molecule has 1 aliphatic heterocycles. The Hall–Kier alpha value is -3.01. The number of alkyl halides is 4. The molecule has 148 valence electrons. The third-order valence-electron chi connectivity index (χ3n) is 3.49. The molecule has 1 heterocycles. The molecule has 1 N–H and O–H groups in total. The number of nitrogens with one attached hydrogen (secondary N) is 1. The van der Waals surface area contributed by atoms with Crippen LogP contribution in [0.1, 0.15) is 15.9 Å². The van der Waals surface area contributed by atoms with E-state index in [0.717, 1.165) is 24.3 Å². The fraction of sp³-hybridized carbons (Fsp3) is 0.176. The van der Waals surface area contributed by atoms with Gasteiger partial charge < -0.3 is 14.2 Å². The highest BCUT2D eigenvalue weighted by molar-refractivity contribution is 6.33. The van der Waals surface area contributed by atoms with Crippen LogP contribution < -0.4 is 19.6 Å². The first-order valence-electron chi connectivity index (χ1n) is 7.64. The molecule has 0 radical (unpaired) electrons. The summed E-state index contributed by atoms with van der Waals surface area (Å²) in [5.41, 5.74) is 2.72. The number of ether oxygens (including phenoxy) is 3. The molecule has 2 aromatic carbocycles. The fourth-order valence-electron chi connectivity index (χ4n) is 2.13. The normalized spacial score (nSPS) is 13.2. The fourth-order valence-corrected chi connectivity index (χ4v) is 2.34. The molecule has 2 aromatic rings. The monoisotopic (exact) mass is 418 g/mol. The minimum absolute atomic E-state index is 0.0432. The van der Waals surface area contributed by atoms with E-state index >= 15 is 0 Å². The lowest BCUT2D eigenvalue weighted by Gasteiger charge is -2.16. The van der Waals surface area contributed by atoms with Crippen LogP contribution in [0, 0.1) is 0 Å². The summed E-state index contributed by atoms with van der Waals surface area (Å²) >= 11 is 6.06. The predicted octanol–water partition coefficient (Wildman–Crippen LogP) is 4.07. The number of carbonyl (C=O) groups is 1. The van der Waals surface area contributed by atoms with Gasteiger partial charge in [-0.2, -0.15) is 22.7 Å². The highest BCUT2D eigenvalue weighted by Gasteiger charge is 2.43. The minimum Gasteiger partial charge on any atom is -0.454 e. The largest absolute Gasteiger partial charge is 0.461 e. The van der Waals surface area contributed by atoms with Gasteiger partial charge in [-0.25, -0.2) is 5.43 Å². The van der Waals surface area contributed by atoms with E-state index in [2.05, 4.69) is 15.3 Å². The van der Waals surface area contributed by atoms with E-state index in [0.29, 0.717) is 22.1 Å². The molecule has 0 aliphatic carbocycles. The second-order valence-corrected chi connectivity index (χ2v) is 5.82. The molecule has 0 bridgehead atoms. The first kappa shape index (κ1) is 19.7. The zero-order chi connectivity index (χ0) is 20.3. The lowest BCUT2D eigenvalue weighted by Crippen LogP contribution is -2.33. The van der Waals surface area contributed by atoms with E-state index in [1.165, 1.54) is 6.21 Å². The molecule has 1 amide bonds. The number of amides is 1. The van der Waals surface area contributed by atoms with E-state index in [1.807, 2.05) is 0 Å². The maximum atomic E-state index is 12.8. The molecule has 3 rings (SSSR count). The molecule has 0 atom stereocenters. The van der Waals surface area contributed by atoms with Crippen LogP contribution in [0.4, 0.5) is 17.6 Å². The SMILES string of the molecule is O=C(N/N=C/c1cc2c(cc1Cl)OCO2)c1ccc(OC(F)(F)C(F)F)cc1. The molecule has 0 unspecified atom stereocenters. The Bertz CT molecular complexity index is 907. The highest BCUT2D eigenvalue weighted by atomic mass is 35.5. The van der Waals surface area contributed by atoms with Crippen LogP contribution in [-0.4, -0.2) is 31.4 Å². The number of halogens is 5. The van der Waals surface area contributed by atoms with Crippen molar-refractivity contribution in [1.82, 2.24) is 5.43 Å². The van der Waals surface area contributed by atoms with Crippen molar-refractivity contribution in [2.24, 2.45) is 5.10 Å². The molecule has 0 saturated heterocycles. The molecule has 11 heteroatoms. The van der Waals surface area contributed by atoms with Gasteiger partial charge in [-0.15, -0.1) is 0 Å². The molecule has 0 aromatic heterocycles. The van der Waals surface area contributed by atoms with Crippen LogP contribution >= 0.6 is 11.6 Å². The van der Waals surface area contributed by atoms with Gasteiger partial charge in [-0.1, -0.05) is 11.6 Å². The van der Waals surface area contributed by atoms with Crippen LogP contribution in [-0.2, 0) is 0 Å². The van der Waals surface area contributed by atoms with Crippen molar-refractivity contribution < 1.29 is 36.6 Å². The van der Waals surface area contributed by atoms with Crippen molar-refractivity contribution in [2.75, 3.05) is 6.79 Å². The molecule has 0 fully saturated rings. The Labute approximate surface area is 160 Å². The van der Waals surface area contributed by atoms with Gasteiger partial charge >= 0.3 is 12.5 Å². The van der Waals surface area contributed by atoms with Crippen molar-refractivity contribution >= 4 is 23.7 Å². The Morgan fingerprint density at radius 3 is 2.50 bits per heavy atom. The van der Waals surface area contributed by atoms with Gasteiger partial charge in [0.2, 0.25) is 6.79 Å². The van der Waals surface area contributed by atoms with Crippen LogP contribution in [0.2, 0.25) is 5.02 Å². The number of hydrazone groups is 1. The lowest BCUT2D eigenvalue weighted by molar-refractivity contribution is -0.253. The van der Waals surface area contributed by atoms with Gasteiger partial charge in [-0.05, 0) is 30.3 Å². The van der Waals surface area contributed by atoms with Gasteiger partial charge in [0.1, 0.15) is 5.75 Å². The maximum Gasteiger partial charge on any atom is 0.461 e. The van der Waals surface area contributed by atoms with Crippen LogP contribution in [0.3, 0.4) is 0 Å². The van der Waals surface area contributed by atoms with Gasteiger partial charge in [0, 0.05) is 17.2 Å². The maximum absolute atomic E-state index is 12.8. The van der Waals surface area contributed by atoms with Crippen molar-refractivity contribution in [1.29, 1.82) is 0 Å². The zero-order valence-corrected chi connectivity index (χ0v) is 14.6. The Kier molecular flexibility index (Phi) is 5.59. The summed E-state index contributed by atoms with van der Waals surface area (Å²) in [5, 5.41) is 4.08. The van der Waals surface area contributed by atoms with Crippen molar-refractivity contribution in [2.45, 2.75) is 12.5 Å². The number of rotatable bonds is 6. The summed E-state index contributed by atoms with van der Waals surface area (Å²) < 4.78 is 64.2. The third-order valence-corrected chi connectivity index (χ3v) is 3.81. The van der Waals surface area contributed by atoms with Crippen molar-refractivity contribution in [3.05, 3.63) is 52.5 Å². The average Bonchev–Trinajstić information content (AvgIpc) is 3.09. The Morgan fingerprint density at radius 2 is 1.86 bits per heavy atom. The topological polar surface area (TPSA) is 69.2 Å². The van der Waals surface area contributed by atoms with E-state index in [1.54, 1.807) is 12.1 Å². The standard InChI is InChI=1S/C17H11ClF4N2O4/c18-12-6-14-13(26-8-27-14)5-10(12)7-23-24-15(25)9-1-3-11(4-2-9)28-17(21,22)16(19)20/h1-7,16H,8H2,(H,24,25)/b23-7+. The van der Waals surface area contributed by atoms with E-state index < -0.39 is 24.2 Å². The number of nitrogens with zero attached hydrogens (tertiary/aromatic N) is 1. The molecular weight excluding hydrogens is 408 g/mol. The van der Waals surface area contributed by atoms with Crippen molar-refractivity contribution in [3.8, 4) is 17.2 Å². The summed E-state index contributed by atoms with van der Waals surface area (Å²) in [6, 6.07) is 7.29. The van der Waals surface area contributed by atoms with Crippen LogP contribution in [0.5, 0.6) is 17.2 Å². The molecule has 0 saturated carbocycles. The van der Waals surface area contributed by atoms with E-state index in [-0.39, 0.29) is 12.4 Å². The number of fused-ring (bicyclic) bond motifs is 1. The second-order valence-electron chi connectivity index (χ2n) is 5.42. The minimum atomic E-state index is -4.63. The molecular formula is C17H11ClF4N2O4. The average molecular weight is 419 g/mol. The number of benzene rings is 2. The molecule has 0 spiro atoms. The Morgan fingerprint density at radius 1 is 1.21 bits per heavy atom. The first-order chi connectivity index (χ1) is 13.3. The predicted molar refractivity (Wildman–Crippen MR) is 90.7 cm³/mol. The third kappa shape index (κ3) is 4.45. The van der Waals surface area contributed by atoms with E-state index in [9.17, 15) is 22.4 Å². The molecule has 28 heavy (non-hydrogen) atoms. The number of hydrogen-bond acceptors (Lipinski definition) is 5. The molecule has 1 aliphatic rings. The van der Waals surface area contributed by atoms with Gasteiger partial charge in [0.25, 0.3) is 5.91 Å². The summed E-state index contributed by atoms with van der Waals surface area (Å²) in [6.45, 7) is 0.0753. The second kappa shape index (κ2) is 7.93. The smallest absolute Gasteiger partial charge is 0.454 e. The van der Waals surface area contributed by atoms with E-state index in [4.69, 9.17) is 21.1 Å². The summed E-state index contributed by atoms with van der Waals surface area (Å²) in [5.74, 6) is -0.211. The lowest BCUT2D eigenvalue weighted by atomic mass is 10.2. The summed E-state index contributed by atoms with van der Waals surface area (Å²) in [7, 11) is 0. The van der Waals surface area contributed by atoms with Crippen LogP contribution in [0.15, 0.2) is 41.5 Å². The summed E-state index contributed by atoms with van der Waals surface area (Å²) in [6.07, 6.45) is -7.33. The number of hydrogen-bond donors (Lipinski definition) is 1. The van der Waals surface area contributed by atoms with Gasteiger partial charge in [0.15, 0.2) is 11.5 Å². The number of carbonyl (C=O) groups excluding carboxylic acids is 1. The van der Waals surface area contributed by atoms with Gasteiger partial charge in [-0.3, -0.25) is 4.79 Å². The zero-order valence-electron chi connectivity index (χ0n) is 13.8.